The third-order valence-electron chi connectivity index (χ3n) is 3.83. The molecule has 1 saturated heterocycles. The number of nitrogens with zero attached hydrogens (tertiary/aromatic N) is 1. The summed E-state index contributed by atoms with van der Waals surface area (Å²) in [5.74, 6) is -2.01. The lowest BCUT2D eigenvalue weighted by Gasteiger charge is -2.26. The van der Waals surface area contributed by atoms with Crippen molar-refractivity contribution in [2.45, 2.75) is 19.1 Å². The van der Waals surface area contributed by atoms with Crippen molar-refractivity contribution in [2.75, 3.05) is 26.3 Å². The number of ether oxygens (including phenoxy) is 1. The monoisotopic (exact) mass is 349 g/mol. The zero-order chi connectivity index (χ0) is 18.2. The van der Waals surface area contributed by atoms with Crippen LogP contribution >= 0.6 is 0 Å². The van der Waals surface area contributed by atoms with Gasteiger partial charge in [-0.25, -0.2) is 4.79 Å². The second-order valence-corrected chi connectivity index (χ2v) is 5.77. The molecule has 1 aromatic rings. The van der Waals surface area contributed by atoms with Crippen molar-refractivity contribution < 1.29 is 19.1 Å². The number of carbonyl (C=O) groups is 3. The molecule has 0 saturated carbocycles. The van der Waals surface area contributed by atoms with Crippen molar-refractivity contribution in [2.24, 2.45) is 11.5 Å². The van der Waals surface area contributed by atoms with Crippen molar-refractivity contribution >= 4 is 17.8 Å². The molecule has 0 bridgehead atoms. The fraction of sp³-hybridized carbons (Fsp3) is 0.438. The lowest BCUT2D eigenvalue weighted by molar-refractivity contribution is -0.128. The topological polar surface area (TPSA) is 140 Å². The van der Waals surface area contributed by atoms with Crippen LogP contribution in [0.2, 0.25) is 0 Å². The zero-order valence-corrected chi connectivity index (χ0v) is 13.9. The average molecular weight is 349 g/mol. The molecule has 0 unspecified atom stereocenters. The number of nitrogens with one attached hydrogen (secondary N) is 2. The number of hydrogen-bond acceptors (Lipinski definition) is 5. The van der Waals surface area contributed by atoms with E-state index in [9.17, 15) is 14.4 Å². The molecule has 0 aromatic heterocycles. The van der Waals surface area contributed by atoms with Gasteiger partial charge in [0.15, 0.2) is 6.04 Å². The van der Waals surface area contributed by atoms with E-state index in [-0.39, 0.29) is 6.54 Å². The maximum atomic E-state index is 11.7. The lowest BCUT2D eigenvalue weighted by Crippen LogP contribution is -2.54. The number of morpholine rings is 1. The van der Waals surface area contributed by atoms with Crippen LogP contribution in [-0.4, -0.2) is 55.1 Å². The minimum absolute atomic E-state index is 0.244. The van der Waals surface area contributed by atoms with Gasteiger partial charge in [0.05, 0.1) is 13.2 Å². The highest BCUT2D eigenvalue weighted by Crippen LogP contribution is 2.09. The zero-order valence-electron chi connectivity index (χ0n) is 13.9. The van der Waals surface area contributed by atoms with Crippen LogP contribution in [-0.2, 0) is 27.4 Å². The predicted molar refractivity (Wildman–Crippen MR) is 90.1 cm³/mol. The summed E-state index contributed by atoms with van der Waals surface area (Å²) >= 11 is 0. The van der Waals surface area contributed by atoms with Crippen LogP contribution in [0.15, 0.2) is 24.3 Å². The van der Waals surface area contributed by atoms with Crippen LogP contribution in [0, 0.1) is 0 Å². The second kappa shape index (κ2) is 9.00. The Bertz CT molecular complexity index is 599. The Balaban J connectivity index is 1.79. The van der Waals surface area contributed by atoms with E-state index in [1.807, 2.05) is 24.3 Å². The molecule has 1 heterocycles. The highest BCUT2D eigenvalue weighted by Gasteiger charge is 2.23. The highest BCUT2D eigenvalue weighted by molar-refractivity contribution is 6.05. The molecular weight excluding hydrogens is 326 g/mol. The van der Waals surface area contributed by atoms with Crippen LogP contribution in [0.5, 0.6) is 0 Å². The number of urea groups is 1. The molecule has 0 spiro atoms. The Kier molecular flexibility index (Phi) is 6.72. The first-order valence-electron chi connectivity index (χ1n) is 7.96. The van der Waals surface area contributed by atoms with Gasteiger partial charge in [0.1, 0.15) is 0 Å². The smallest absolute Gasteiger partial charge is 0.316 e. The first-order valence-corrected chi connectivity index (χ1v) is 7.96. The number of primary amides is 2. The van der Waals surface area contributed by atoms with Gasteiger partial charge in [-0.3, -0.25) is 14.5 Å². The molecular formula is C16H23N5O4. The summed E-state index contributed by atoms with van der Waals surface area (Å²) in [4.78, 5) is 36.1. The summed E-state index contributed by atoms with van der Waals surface area (Å²) in [6.07, 6.45) is 0. The Morgan fingerprint density at radius 3 is 2.16 bits per heavy atom. The normalized spacial score (nSPS) is 14.9. The van der Waals surface area contributed by atoms with Crippen LogP contribution in [0.3, 0.4) is 0 Å². The van der Waals surface area contributed by atoms with Gasteiger partial charge in [0.25, 0.3) is 0 Å². The fourth-order valence-electron chi connectivity index (χ4n) is 2.43. The molecule has 136 valence electrons. The quantitative estimate of drug-likeness (QED) is 0.451. The van der Waals surface area contributed by atoms with Gasteiger partial charge in [-0.05, 0) is 11.1 Å². The molecule has 1 aliphatic rings. The summed E-state index contributed by atoms with van der Waals surface area (Å²) in [5.41, 5.74) is 12.0. The molecule has 0 radical (unpaired) electrons. The van der Waals surface area contributed by atoms with Gasteiger partial charge >= 0.3 is 6.03 Å². The minimum Gasteiger partial charge on any atom is -0.379 e. The molecule has 9 nitrogen and oxygen atoms in total. The van der Waals surface area contributed by atoms with E-state index in [1.165, 1.54) is 5.56 Å². The molecule has 1 aromatic carbocycles. The first kappa shape index (κ1) is 18.7. The maximum Gasteiger partial charge on any atom is 0.316 e. The summed E-state index contributed by atoms with van der Waals surface area (Å²) in [6, 6.07) is 5.60. The van der Waals surface area contributed by atoms with E-state index in [0.29, 0.717) is 0 Å². The molecule has 25 heavy (non-hydrogen) atoms. The van der Waals surface area contributed by atoms with Gasteiger partial charge in [0.2, 0.25) is 11.8 Å². The molecule has 4 amide bonds. The fourth-order valence-corrected chi connectivity index (χ4v) is 2.43. The molecule has 2 rings (SSSR count). The molecule has 6 N–H and O–H groups in total. The van der Waals surface area contributed by atoms with E-state index >= 15 is 0 Å². The molecule has 1 fully saturated rings. The van der Waals surface area contributed by atoms with Gasteiger partial charge in [-0.1, -0.05) is 24.3 Å². The van der Waals surface area contributed by atoms with Gasteiger partial charge in [-0.2, -0.15) is 0 Å². The van der Waals surface area contributed by atoms with E-state index < -0.39 is 23.9 Å². The number of benzene rings is 1. The molecule has 0 atom stereocenters. The number of nitrogens with two attached hydrogens (primary N) is 2. The minimum atomic E-state index is -1.53. The van der Waals surface area contributed by atoms with Gasteiger partial charge in [-0.15, -0.1) is 0 Å². The van der Waals surface area contributed by atoms with E-state index in [2.05, 4.69) is 15.5 Å². The number of hydrogen-bond donors (Lipinski definition) is 4. The summed E-state index contributed by atoms with van der Waals surface area (Å²) in [7, 11) is 0. The lowest BCUT2D eigenvalue weighted by atomic mass is 10.1. The van der Waals surface area contributed by atoms with Crippen molar-refractivity contribution in [3.63, 3.8) is 0 Å². The van der Waals surface area contributed by atoms with Crippen LogP contribution in [0.25, 0.3) is 0 Å². The van der Waals surface area contributed by atoms with Crippen LogP contribution in [0.1, 0.15) is 11.1 Å². The van der Waals surface area contributed by atoms with Crippen LogP contribution in [0.4, 0.5) is 4.79 Å². The first-order chi connectivity index (χ1) is 12.0. The summed E-state index contributed by atoms with van der Waals surface area (Å²) in [5, 5.41) is 4.68. The summed E-state index contributed by atoms with van der Waals surface area (Å²) < 4.78 is 5.32. The van der Waals surface area contributed by atoms with Gasteiger partial charge < -0.3 is 26.8 Å². The highest BCUT2D eigenvalue weighted by atomic mass is 16.5. The summed E-state index contributed by atoms with van der Waals surface area (Å²) in [6.45, 7) is 4.46. The molecule has 0 aliphatic carbocycles. The second-order valence-electron chi connectivity index (χ2n) is 5.77. The number of amides is 4. The third kappa shape index (κ3) is 6.05. The Morgan fingerprint density at radius 1 is 1.04 bits per heavy atom. The third-order valence-corrected chi connectivity index (χ3v) is 3.83. The van der Waals surface area contributed by atoms with Crippen LogP contribution < -0.4 is 22.1 Å². The average Bonchev–Trinajstić information content (AvgIpc) is 2.59. The Morgan fingerprint density at radius 2 is 1.60 bits per heavy atom. The SMILES string of the molecule is NC(=O)C(NC(=O)NCc1ccc(CN2CCOCC2)cc1)C(N)=O. The standard InChI is InChI=1S/C16H23N5O4/c17-14(22)13(15(18)23)20-16(24)19-9-11-1-3-12(4-2-11)10-21-5-7-25-8-6-21/h1-4,13H,5-10H2,(H2,17,22)(H2,18,23)(H2,19,20,24). The van der Waals surface area contributed by atoms with E-state index in [4.69, 9.17) is 16.2 Å². The molecule has 9 heteroatoms. The van der Waals surface area contributed by atoms with Crippen molar-refractivity contribution in [1.29, 1.82) is 0 Å². The maximum absolute atomic E-state index is 11.7. The van der Waals surface area contributed by atoms with E-state index in [1.54, 1.807) is 0 Å². The van der Waals surface area contributed by atoms with Gasteiger partial charge in [0, 0.05) is 26.2 Å². The Hall–Kier alpha value is -2.65. The van der Waals surface area contributed by atoms with Crippen molar-refractivity contribution in [1.82, 2.24) is 15.5 Å². The van der Waals surface area contributed by atoms with Crippen molar-refractivity contribution in [3.05, 3.63) is 35.4 Å². The number of rotatable bonds is 7. The van der Waals surface area contributed by atoms with E-state index in [0.717, 1.165) is 38.4 Å². The molecule has 1 aliphatic heterocycles. The largest absolute Gasteiger partial charge is 0.379 e. The predicted octanol–water partition coefficient (Wildman–Crippen LogP) is -1.34. The Labute approximate surface area is 145 Å². The van der Waals surface area contributed by atoms with Crippen molar-refractivity contribution in [3.8, 4) is 0 Å². The number of carbonyl (C=O) groups excluding carboxylic acids is 3.